The Hall–Kier alpha value is -0.900. The first-order valence-electron chi connectivity index (χ1n) is 3.30. The van der Waals surface area contributed by atoms with Crippen molar-refractivity contribution in [3.05, 3.63) is 12.2 Å². The minimum Gasteiger partial charge on any atom is -0.393 e. The van der Waals surface area contributed by atoms with E-state index < -0.39 is 0 Å². The Labute approximate surface area is 57.9 Å². The third kappa shape index (κ3) is 0.806. The molecule has 2 rings (SSSR count). The molecule has 10 heavy (non-hydrogen) atoms. The Morgan fingerprint density at radius 1 is 1.60 bits per heavy atom. The van der Waals surface area contributed by atoms with Crippen molar-refractivity contribution in [3.63, 3.8) is 0 Å². The van der Waals surface area contributed by atoms with Gasteiger partial charge in [-0.2, -0.15) is 4.98 Å². The normalized spacial score (nSPS) is 31.7. The maximum absolute atomic E-state index is 8.93. The van der Waals surface area contributed by atoms with Gasteiger partial charge in [-0.3, -0.25) is 0 Å². The van der Waals surface area contributed by atoms with Gasteiger partial charge in [0.25, 0.3) is 0 Å². The molecule has 0 aromatic carbocycles. The summed E-state index contributed by atoms with van der Waals surface area (Å²) < 4.78 is 4.56. The molecule has 4 heteroatoms. The number of aliphatic hydroxyl groups excluding tert-OH is 1. The highest BCUT2D eigenvalue weighted by Gasteiger charge is 2.31. The van der Waals surface area contributed by atoms with Crippen molar-refractivity contribution in [2.24, 2.45) is 0 Å². The summed E-state index contributed by atoms with van der Waals surface area (Å²) in [6.07, 6.45) is 2.72. The fraction of sp³-hybridized carbons (Fsp3) is 0.667. The maximum Gasteiger partial charge on any atom is 0.213 e. The molecule has 0 unspecified atom stereocenters. The van der Waals surface area contributed by atoms with Crippen LogP contribution < -0.4 is 0 Å². The van der Waals surface area contributed by atoms with Gasteiger partial charge in [0, 0.05) is 5.92 Å². The maximum atomic E-state index is 8.93. The molecule has 0 aliphatic heterocycles. The molecule has 0 spiro atoms. The topological polar surface area (TPSA) is 59.2 Å². The highest BCUT2D eigenvalue weighted by molar-refractivity contribution is 5.00. The standard InChI is InChI=1S/C6H8N2O2/c9-5-1-4(2-5)6-7-3-10-8-6/h3-5,9H,1-2H2. The molecular weight excluding hydrogens is 132 g/mol. The molecule has 1 aromatic heterocycles. The first-order valence-corrected chi connectivity index (χ1v) is 3.30. The summed E-state index contributed by atoms with van der Waals surface area (Å²) >= 11 is 0. The lowest BCUT2D eigenvalue weighted by Gasteiger charge is -2.28. The van der Waals surface area contributed by atoms with Crippen molar-refractivity contribution in [3.8, 4) is 0 Å². The van der Waals surface area contributed by atoms with Crippen LogP contribution in [0, 0.1) is 0 Å². The van der Waals surface area contributed by atoms with Crippen LogP contribution in [-0.4, -0.2) is 21.4 Å². The van der Waals surface area contributed by atoms with E-state index in [1.54, 1.807) is 0 Å². The van der Waals surface area contributed by atoms with Gasteiger partial charge in [-0.25, -0.2) is 0 Å². The van der Waals surface area contributed by atoms with E-state index in [0.29, 0.717) is 5.92 Å². The first-order chi connectivity index (χ1) is 4.86. The van der Waals surface area contributed by atoms with Crippen molar-refractivity contribution in [2.45, 2.75) is 24.9 Å². The van der Waals surface area contributed by atoms with E-state index in [1.165, 1.54) is 6.39 Å². The van der Waals surface area contributed by atoms with Crippen molar-refractivity contribution in [1.29, 1.82) is 0 Å². The summed E-state index contributed by atoms with van der Waals surface area (Å²) in [6, 6.07) is 0. The Morgan fingerprint density at radius 2 is 2.40 bits per heavy atom. The van der Waals surface area contributed by atoms with Gasteiger partial charge < -0.3 is 9.63 Å². The van der Waals surface area contributed by atoms with Gasteiger partial charge in [-0.15, -0.1) is 0 Å². The number of rotatable bonds is 1. The highest BCUT2D eigenvalue weighted by atomic mass is 16.5. The van der Waals surface area contributed by atoms with Gasteiger partial charge >= 0.3 is 0 Å². The molecule has 54 valence electrons. The zero-order chi connectivity index (χ0) is 6.97. The van der Waals surface area contributed by atoms with E-state index >= 15 is 0 Å². The first kappa shape index (κ1) is 5.85. The van der Waals surface area contributed by atoms with Crippen LogP contribution in [0.1, 0.15) is 24.6 Å². The summed E-state index contributed by atoms with van der Waals surface area (Å²) in [5.41, 5.74) is 0. The average molecular weight is 140 g/mol. The van der Waals surface area contributed by atoms with Crippen LogP contribution in [0.5, 0.6) is 0 Å². The quantitative estimate of drug-likeness (QED) is 0.609. The predicted octanol–water partition coefficient (Wildman–Crippen LogP) is 0.308. The van der Waals surface area contributed by atoms with Gasteiger partial charge in [0.15, 0.2) is 5.82 Å². The fourth-order valence-corrected chi connectivity index (χ4v) is 1.16. The van der Waals surface area contributed by atoms with Crippen LogP contribution in [0.2, 0.25) is 0 Å². The van der Waals surface area contributed by atoms with Gasteiger partial charge in [-0.05, 0) is 12.8 Å². The molecule has 1 saturated carbocycles. The van der Waals surface area contributed by atoms with E-state index in [-0.39, 0.29) is 6.10 Å². The van der Waals surface area contributed by atoms with Crippen molar-refractivity contribution < 1.29 is 9.63 Å². The number of nitrogens with zero attached hydrogens (tertiary/aromatic N) is 2. The second-order valence-corrected chi connectivity index (χ2v) is 2.61. The molecule has 0 atom stereocenters. The number of hydrogen-bond donors (Lipinski definition) is 1. The monoisotopic (exact) mass is 140 g/mol. The van der Waals surface area contributed by atoms with Crippen LogP contribution >= 0.6 is 0 Å². The van der Waals surface area contributed by atoms with Gasteiger partial charge in [0.05, 0.1) is 6.10 Å². The van der Waals surface area contributed by atoms with E-state index in [1.807, 2.05) is 0 Å². The third-order valence-corrected chi connectivity index (χ3v) is 1.86. The minimum atomic E-state index is -0.150. The summed E-state index contributed by atoms with van der Waals surface area (Å²) in [4.78, 5) is 3.88. The Morgan fingerprint density at radius 3 is 2.90 bits per heavy atom. The molecule has 1 N–H and O–H groups in total. The molecule has 0 bridgehead atoms. The lowest BCUT2D eigenvalue weighted by atomic mass is 9.82. The molecule has 4 nitrogen and oxygen atoms in total. The van der Waals surface area contributed by atoms with Crippen molar-refractivity contribution in [2.75, 3.05) is 0 Å². The molecular formula is C6H8N2O2. The SMILES string of the molecule is OC1CC(c2ncon2)C1. The number of hydrogen-bond acceptors (Lipinski definition) is 4. The zero-order valence-electron chi connectivity index (χ0n) is 5.40. The Balaban J connectivity index is 2.04. The van der Waals surface area contributed by atoms with Gasteiger partial charge in [0.2, 0.25) is 6.39 Å². The second-order valence-electron chi connectivity index (χ2n) is 2.61. The molecule has 1 aliphatic rings. The molecule has 0 amide bonds. The number of aliphatic hydroxyl groups is 1. The van der Waals surface area contributed by atoms with Crippen molar-refractivity contribution >= 4 is 0 Å². The van der Waals surface area contributed by atoms with E-state index in [2.05, 4.69) is 14.7 Å². The molecule has 0 radical (unpaired) electrons. The largest absolute Gasteiger partial charge is 0.393 e. The van der Waals surface area contributed by atoms with Crippen LogP contribution in [-0.2, 0) is 0 Å². The molecule has 1 aromatic rings. The van der Waals surface area contributed by atoms with Gasteiger partial charge in [0.1, 0.15) is 0 Å². The van der Waals surface area contributed by atoms with E-state index in [9.17, 15) is 0 Å². The predicted molar refractivity (Wildman–Crippen MR) is 32.3 cm³/mol. The van der Waals surface area contributed by atoms with Gasteiger partial charge in [-0.1, -0.05) is 5.16 Å². The number of aromatic nitrogens is 2. The smallest absolute Gasteiger partial charge is 0.213 e. The molecule has 0 saturated heterocycles. The van der Waals surface area contributed by atoms with E-state index in [4.69, 9.17) is 5.11 Å². The average Bonchev–Trinajstić information content (AvgIpc) is 2.31. The van der Waals surface area contributed by atoms with Crippen LogP contribution in [0.3, 0.4) is 0 Å². The molecule has 1 fully saturated rings. The minimum absolute atomic E-state index is 0.150. The summed E-state index contributed by atoms with van der Waals surface area (Å²) in [5, 5.41) is 12.6. The molecule has 1 heterocycles. The highest BCUT2D eigenvalue weighted by Crippen LogP contribution is 2.34. The van der Waals surface area contributed by atoms with Crippen LogP contribution in [0.25, 0.3) is 0 Å². The second kappa shape index (κ2) is 2.05. The summed E-state index contributed by atoms with van der Waals surface area (Å²) in [5.74, 6) is 1.05. The van der Waals surface area contributed by atoms with Crippen molar-refractivity contribution in [1.82, 2.24) is 10.1 Å². The molecule has 1 aliphatic carbocycles. The Bertz CT molecular complexity index is 204. The zero-order valence-corrected chi connectivity index (χ0v) is 5.40. The lowest BCUT2D eigenvalue weighted by molar-refractivity contribution is 0.0708. The lowest BCUT2D eigenvalue weighted by Crippen LogP contribution is -2.27. The fourth-order valence-electron chi connectivity index (χ4n) is 1.16. The van der Waals surface area contributed by atoms with E-state index in [0.717, 1.165) is 18.7 Å². The Kier molecular flexibility index (Phi) is 1.20. The third-order valence-electron chi connectivity index (χ3n) is 1.86. The summed E-state index contributed by atoms with van der Waals surface area (Å²) in [7, 11) is 0. The van der Waals surface area contributed by atoms with Crippen LogP contribution in [0.4, 0.5) is 0 Å². The van der Waals surface area contributed by atoms with Crippen LogP contribution in [0.15, 0.2) is 10.9 Å². The summed E-state index contributed by atoms with van der Waals surface area (Å²) in [6.45, 7) is 0.